The fourth-order valence-corrected chi connectivity index (χ4v) is 3.74. The molecular formula is C25H19BN2O2. The third-order valence-electron chi connectivity index (χ3n) is 5.24. The highest BCUT2D eigenvalue weighted by Gasteiger charge is 2.16. The summed E-state index contributed by atoms with van der Waals surface area (Å²) in [4.78, 5) is 4.87. The summed E-state index contributed by atoms with van der Waals surface area (Å²) >= 11 is 0. The van der Waals surface area contributed by atoms with Gasteiger partial charge in [-0.05, 0) is 40.9 Å². The van der Waals surface area contributed by atoms with E-state index < -0.39 is 7.12 Å². The van der Waals surface area contributed by atoms with E-state index in [0.717, 1.165) is 39.2 Å². The Morgan fingerprint density at radius 2 is 1.33 bits per heavy atom. The molecule has 5 heteroatoms. The first-order valence-electron chi connectivity index (χ1n) is 9.80. The first kappa shape index (κ1) is 18.4. The Morgan fingerprint density at radius 1 is 0.633 bits per heavy atom. The van der Waals surface area contributed by atoms with E-state index in [1.807, 2.05) is 48.5 Å². The van der Waals surface area contributed by atoms with Crippen molar-refractivity contribution in [2.75, 3.05) is 0 Å². The van der Waals surface area contributed by atoms with Gasteiger partial charge in [-0.25, -0.2) is 4.98 Å². The summed E-state index contributed by atoms with van der Waals surface area (Å²) in [7, 11) is -1.49. The number of fused-ring (bicyclic) bond motifs is 1. The van der Waals surface area contributed by atoms with Gasteiger partial charge < -0.3 is 10.0 Å². The summed E-state index contributed by atoms with van der Waals surface area (Å²) < 4.78 is 2.14. The van der Waals surface area contributed by atoms with Gasteiger partial charge in [0.05, 0.1) is 11.0 Å². The number of hydrogen-bond donors (Lipinski definition) is 2. The number of aromatic nitrogens is 2. The molecule has 1 heterocycles. The van der Waals surface area contributed by atoms with Crippen molar-refractivity contribution in [2.24, 2.45) is 0 Å². The molecule has 0 bridgehead atoms. The Labute approximate surface area is 174 Å². The van der Waals surface area contributed by atoms with E-state index >= 15 is 0 Å². The van der Waals surface area contributed by atoms with E-state index in [-0.39, 0.29) is 0 Å². The molecule has 0 amide bonds. The molecule has 4 nitrogen and oxygen atoms in total. The lowest BCUT2D eigenvalue weighted by Crippen LogP contribution is -2.29. The van der Waals surface area contributed by atoms with Gasteiger partial charge in [-0.1, -0.05) is 78.9 Å². The van der Waals surface area contributed by atoms with Crippen molar-refractivity contribution < 1.29 is 10.0 Å². The van der Waals surface area contributed by atoms with Gasteiger partial charge in [0.15, 0.2) is 0 Å². The van der Waals surface area contributed by atoms with Crippen LogP contribution in [0.5, 0.6) is 0 Å². The second-order valence-electron chi connectivity index (χ2n) is 7.17. The van der Waals surface area contributed by atoms with Crippen molar-refractivity contribution in [3.05, 3.63) is 103 Å². The maximum absolute atomic E-state index is 9.41. The summed E-state index contributed by atoms with van der Waals surface area (Å²) in [6, 6.07) is 33.9. The fraction of sp³-hybridized carbons (Fsp3) is 0. The molecule has 2 N–H and O–H groups in total. The van der Waals surface area contributed by atoms with Crippen LogP contribution in [0.1, 0.15) is 0 Å². The zero-order valence-corrected chi connectivity index (χ0v) is 16.2. The van der Waals surface area contributed by atoms with Crippen molar-refractivity contribution in [1.29, 1.82) is 0 Å². The molecule has 30 heavy (non-hydrogen) atoms. The summed E-state index contributed by atoms with van der Waals surface area (Å²) in [5.41, 5.74) is 6.59. The van der Waals surface area contributed by atoms with Crippen LogP contribution in [-0.4, -0.2) is 26.7 Å². The van der Waals surface area contributed by atoms with Crippen molar-refractivity contribution in [3.63, 3.8) is 0 Å². The highest BCUT2D eigenvalue weighted by molar-refractivity contribution is 6.58. The Kier molecular flexibility index (Phi) is 4.67. The predicted molar refractivity (Wildman–Crippen MR) is 122 cm³/mol. The van der Waals surface area contributed by atoms with Crippen LogP contribution in [-0.2, 0) is 0 Å². The molecule has 5 rings (SSSR count). The molecule has 0 fully saturated rings. The molecule has 5 aromatic rings. The van der Waals surface area contributed by atoms with Gasteiger partial charge in [-0.2, -0.15) is 0 Å². The minimum absolute atomic E-state index is 0.451. The van der Waals surface area contributed by atoms with Crippen LogP contribution in [0.25, 0.3) is 39.2 Å². The molecule has 0 spiro atoms. The molecule has 0 unspecified atom stereocenters. The average molecular weight is 390 g/mol. The number of hydrogen-bond acceptors (Lipinski definition) is 3. The highest BCUT2D eigenvalue weighted by Crippen LogP contribution is 2.30. The summed E-state index contributed by atoms with van der Waals surface area (Å²) in [6.07, 6.45) is 0. The molecular weight excluding hydrogens is 371 g/mol. The van der Waals surface area contributed by atoms with E-state index in [1.54, 1.807) is 12.1 Å². The molecule has 0 aliphatic heterocycles. The third kappa shape index (κ3) is 3.30. The van der Waals surface area contributed by atoms with E-state index in [4.69, 9.17) is 4.98 Å². The monoisotopic (exact) mass is 390 g/mol. The quantitative estimate of drug-likeness (QED) is 0.456. The Balaban J connectivity index is 1.70. The fourth-order valence-electron chi connectivity index (χ4n) is 3.74. The zero-order valence-electron chi connectivity index (χ0n) is 16.2. The Hall–Kier alpha value is -3.67. The summed E-state index contributed by atoms with van der Waals surface area (Å²) in [5, 5.41) is 18.8. The summed E-state index contributed by atoms with van der Waals surface area (Å²) in [5.74, 6) is 0.806. The van der Waals surface area contributed by atoms with Gasteiger partial charge in [0.1, 0.15) is 5.82 Å². The van der Waals surface area contributed by atoms with Gasteiger partial charge in [0.2, 0.25) is 0 Å². The number of nitrogens with zero attached hydrogens (tertiary/aromatic N) is 2. The van der Waals surface area contributed by atoms with Crippen molar-refractivity contribution in [2.45, 2.75) is 0 Å². The van der Waals surface area contributed by atoms with E-state index in [0.29, 0.717) is 5.46 Å². The van der Waals surface area contributed by atoms with Crippen LogP contribution in [0.3, 0.4) is 0 Å². The van der Waals surface area contributed by atoms with Gasteiger partial charge in [0.25, 0.3) is 0 Å². The molecule has 0 atom stereocenters. The van der Waals surface area contributed by atoms with Crippen LogP contribution in [0, 0.1) is 0 Å². The lowest BCUT2D eigenvalue weighted by atomic mass is 9.80. The lowest BCUT2D eigenvalue weighted by molar-refractivity contribution is 0.426. The smallest absolute Gasteiger partial charge is 0.423 e. The van der Waals surface area contributed by atoms with Gasteiger partial charge >= 0.3 is 7.12 Å². The van der Waals surface area contributed by atoms with Crippen LogP contribution in [0.2, 0.25) is 0 Å². The second kappa shape index (κ2) is 7.63. The van der Waals surface area contributed by atoms with Crippen LogP contribution >= 0.6 is 0 Å². The van der Waals surface area contributed by atoms with Crippen LogP contribution in [0.4, 0.5) is 0 Å². The van der Waals surface area contributed by atoms with Crippen molar-refractivity contribution in [1.82, 2.24) is 9.55 Å². The van der Waals surface area contributed by atoms with Gasteiger partial charge in [-0.3, -0.25) is 4.57 Å². The molecule has 0 aliphatic carbocycles. The Morgan fingerprint density at radius 3 is 2.10 bits per heavy atom. The minimum atomic E-state index is -1.49. The topological polar surface area (TPSA) is 58.3 Å². The van der Waals surface area contributed by atoms with Gasteiger partial charge in [0, 0.05) is 11.3 Å². The standard InChI is InChI=1S/C25H19BN2O2/c29-26(30)21-15-13-19(14-16-21)25-27-23-11-4-5-12-24(23)28(25)22-10-6-9-20(17-22)18-7-2-1-3-8-18/h1-17,29-30H. The maximum Gasteiger partial charge on any atom is 0.488 e. The van der Waals surface area contributed by atoms with E-state index in [9.17, 15) is 10.0 Å². The molecule has 0 saturated heterocycles. The number of rotatable bonds is 4. The third-order valence-corrected chi connectivity index (χ3v) is 5.24. The summed E-state index contributed by atoms with van der Waals surface area (Å²) in [6.45, 7) is 0. The number of imidazole rings is 1. The number of benzene rings is 4. The van der Waals surface area contributed by atoms with Crippen molar-refractivity contribution in [3.8, 4) is 28.2 Å². The SMILES string of the molecule is OB(O)c1ccc(-c2nc3ccccc3n2-c2cccc(-c3ccccc3)c2)cc1. The molecule has 4 aromatic carbocycles. The molecule has 0 radical (unpaired) electrons. The minimum Gasteiger partial charge on any atom is -0.423 e. The largest absolute Gasteiger partial charge is 0.488 e. The van der Waals surface area contributed by atoms with Crippen LogP contribution < -0.4 is 5.46 Å². The number of para-hydroxylation sites is 2. The van der Waals surface area contributed by atoms with E-state index in [1.165, 1.54) is 0 Å². The molecule has 0 saturated carbocycles. The predicted octanol–water partition coefficient (Wildman–Crippen LogP) is 4.04. The molecule has 144 valence electrons. The molecule has 1 aromatic heterocycles. The highest BCUT2D eigenvalue weighted by atomic mass is 16.4. The van der Waals surface area contributed by atoms with Crippen molar-refractivity contribution >= 4 is 23.6 Å². The average Bonchev–Trinajstić information content (AvgIpc) is 3.19. The van der Waals surface area contributed by atoms with E-state index in [2.05, 4.69) is 47.0 Å². The Bertz CT molecular complexity index is 1310. The first-order chi connectivity index (χ1) is 14.7. The zero-order chi connectivity index (χ0) is 20.5. The maximum atomic E-state index is 9.41. The van der Waals surface area contributed by atoms with Gasteiger partial charge in [-0.15, -0.1) is 0 Å². The first-order valence-corrected chi connectivity index (χ1v) is 9.80. The van der Waals surface area contributed by atoms with Crippen LogP contribution in [0.15, 0.2) is 103 Å². The second-order valence-corrected chi connectivity index (χ2v) is 7.17. The lowest BCUT2D eigenvalue weighted by Gasteiger charge is -2.12. The normalized spacial score (nSPS) is 11.0. The molecule has 0 aliphatic rings.